The molecule has 2 N–H and O–H groups in total. The second kappa shape index (κ2) is 7.73. The number of unbranched alkanes of at least 4 members (excludes halogenated alkanes) is 1. The number of aryl methyl sites for hydroxylation is 2. The predicted molar refractivity (Wildman–Crippen MR) is 121 cm³/mol. The Balaban J connectivity index is 2.14. The van der Waals surface area contributed by atoms with Crippen LogP contribution in [0.1, 0.15) is 24.0 Å². The van der Waals surface area contributed by atoms with E-state index in [1.807, 2.05) is 43.3 Å². The van der Waals surface area contributed by atoms with Crippen LogP contribution in [0.3, 0.4) is 0 Å². The fourth-order valence-electron chi connectivity index (χ4n) is 3.90. The number of hydrogen-bond donors (Lipinski definition) is 1. The van der Waals surface area contributed by atoms with Crippen LogP contribution in [0.15, 0.2) is 62.2 Å². The van der Waals surface area contributed by atoms with E-state index in [9.17, 15) is 4.79 Å². The topological polar surface area (TPSA) is 80.0 Å². The lowest BCUT2D eigenvalue weighted by molar-refractivity contribution is 0.651. The molecule has 0 radical (unpaired) electrons. The first-order valence-corrected chi connectivity index (χ1v) is 10.2. The Kier molecular flexibility index (Phi) is 5.12. The standard InChI is InChI=1S/C24H19BrN2O2/c1-14-20(15-7-6-8-16(25)13-15)22(27)18(10-4-5-12-26)24-21(14)23(28)17-9-2-3-11-19(17)29-24/h2-3,6-9,11,13H,4-5,10,27H2,1H3. The van der Waals surface area contributed by atoms with Crippen LogP contribution in [0.2, 0.25) is 0 Å². The third kappa shape index (κ3) is 3.30. The van der Waals surface area contributed by atoms with Gasteiger partial charge in [0.1, 0.15) is 11.2 Å². The molecular weight excluding hydrogens is 428 g/mol. The van der Waals surface area contributed by atoms with Crippen molar-refractivity contribution in [3.8, 4) is 17.2 Å². The molecule has 0 atom stereocenters. The average molecular weight is 447 g/mol. The number of nitrogens with zero attached hydrogens (tertiary/aromatic N) is 1. The second-order valence-electron chi connectivity index (χ2n) is 7.05. The molecule has 0 unspecified atom stereocenters. The van der Waals surface area contributed by atoms with Gasteiger partial charge in [-0.2, -0.15) is 5.26 Å². The van der Waals surface area contributed by atoms with E-state index >= 15 is 0 Å². The largest absolute Gasteiger partial charge is 0.455 e. The van der Waals surface area contributed by atoms with Gasteiger partial charge in [-0.05, 0) is 55.2 Å². The van der Waals surface area contributed by atoms with E-state index in [-0.39, 0.29) is 5.43 Å². The van der Waals surface area contributed by atoms with E-state index in [1.165, 1.54) is 0 Å². The number of anilines is 1. The van der Waals surface area contributed by atoms with Crippen molar-refractivity contribution in [1.29, 1.82) is 5.26 Å². The van der Waals surface area contributed by atoms with E-state index in [1.54, 1.807) is 12.1 Å². The minimum Gasteiger partial charge on any atom is -0.455 e. The highest BCUT2D eigenvalue weighted by Gasteiger charge is 2.21. The summed E-state index contributed by atoms with van der Waals surface area (Å²) in [6, 6.07) is 17.3. The van der Waals surface area contributed by atoms with E-state index in [0.717, 1.165) is 26.7 Å². The van der Waals surface area contributed by atoms with Crippen LogP contribution in [0.4, 0.5) is 5.69 Å². The molecule has 5 heteroatoms. The van der Waals surface area contributed by atoms with E-state index < -0.39 is 0 Å². The second-order valence-corrected chi connectivity index (χ2v) is 7.96. The van der Waals surface area contributed by atoms with Crippen LogP contribution in [0.5, 0.6) is 0 Å². The SMILES string of the molecule is Cc1c(-c2cccc(Br)c2)c(N)c(CCCC#N)c2oc3ccccc3c(=O)c12. The molecule has 0 fully saturated rings. The highest BCUT2D eigenvalue weighted by molar-refractivity contribution is 9.10. The molecule has 1 heterocycles. The lowest BCUT2D eigenvalue weighted by Gasteiger charge is -2.18. The van der Waals surface area contributed by atoms with E-state index in [2.05, 4.69) is 22.0 Å². The van der Waals surface area contributed by atoms with Gasteiger partial charge in [-0.15, -0.1) is 0 Å². The van der Waals surface area contributed by atoms with Crippen LogP contribution < -0.4 is 11.2 Å². The van der Waals surface area contributed by atoms with Gasteiger partial charge in [-0.3, -0.25) is 4.79 Å². The Morgan fingerprint density at radius 1 is 1.17 bits per heavy atom. The fraction of sp³-hybridized carbons (Fsp3) is 0.167. The predicted octanol–water partition coefficient (Wildman–Crippen LogP) is 6.11. The summed E-state index contributed by atoms with van der Waals surface area (Å²) in [5, 5.41) is 10.1. The summed E-state index contributed by atoms with van der Waals surface area (Å²) in [5.74, 6) is 0. The summed E-state index contributed by atoms with van der Waals surface area (Å²) in [7, 11) is 0. The van der Waals surface area contributed by atoms with Crippen LogP contribution in [-0.2, 0) is 6.42 Å². The van der Waals surface area contributed by atoms with Crippen molar-refractivity contribution in [3.63, 3.8) is 0 Å². The van der Waals surface area contributed by atoms with E-state index in [4.69, 9.17) is 15.4 Å². The van der Waals surface area contributed by atoms with Crippen molar-refractivity contribution in [1.82, 2.24) is 0 Å². The van der Waals surface area contributed by atoms with Gasteiger partial charge in [-0.1, -0.05) is 40.2 Å². The number of nitriles is 1. The summed E-state index contributed by atoms with van der Waals surface area (Å²) in [6.07, 6.45) is 1.63. The maximum atomic E-state index is 13.4. The average Bonchev–Trinajstić information content (AvgIpc) is 2.70. The van der Waals surface area contributed by atoms with Gasteiger partial charge in [0, 0.05) is 27.7 Å². The van der Waals surface area contributed by atoms with Crippen molar-refractivity contribution in [2.24, 2.45) is 0 Å². The molecule has 0 bridgehead atoms. The molecular formula is C24H19BrN2O2. The number of nitrogen functional groups attached to an aromatic ring is 1. The molecule has 0 saturated heterocycles. The first-order valence-electron chi connectivity index (χ1n) is 9.42. The summed E-state index contributed by atoms with van der Waals surface area (Å²) >= 11 is 3.52. The molecule has 0 aliphatic heterocycles. The molecule has 4 nitrogen and oxygen atoms in total. The Hall–Kier alpha value is -3.10. The van der Waals surface area contributed by atoms with Gasteiger partial charge < -0.3 is 10.2 Å². The smallest absolute Gasteiger partial charge is 0.200 e. The van der Waals surface area contributed by atoms with Gasteiger partial charge in [0.2, 0.25) is 5.43 Å². The van der Waals surface area contributed by atoms with Gasteiger partial charge in [0.05, 0.1) is 16.8 Å². The lowest BCUT2D eigenvalue weighted by atomic mass is 9.90. The Morgan fingerprint density at radius 3 is 2.72 bits per heavy atom. The Morgan fingerprint density at radius 2 is 1.97 bits per heavy atom. The van der Waals surface area contributed by atoms with Crippen molar-refractivity contribution in [3.05, 3.63) is 74.4 Å². The molecule has 0 saturated carbocycles. The first-order chi connectivity index (χ1) is 14.0. The zero-order valence-corrected chi connectivity index (χ0v) is 17.5. The zero-order valence-electron chi connectivity index (χ0n) is 16.0. The number of para-hydroxylation sites is 1. The monoisotopic (exact) mass is 446 g/mol. The highest BCUT2D eigenvalue weighted by Crippen LogP contribution is 2.40. The van der Waals surface area contributed by atoms with Crippen molar-refractivity contribution in [2.75, 3.05) is 5.73 Å². The first kappa shape index (κ1) is 19.2. The van der Waals surface area contributed by atoms with Gasteiger partial charge >= 0.3 is 0 Å². The quantitative estimate of drug-likeness (QED) is 0.232. The Bertz CT molecular complexity index is 1350. The minimum atomic E-state index is -0.0582. The lowest BCUT2D eigenvalue weighted by Crippen LogP contribution is -2.09. The third-order valence-corrected chi connectivity index (χ3v) is 5.74. The molecule has 4 aromatic rings. The van der Waals surface area contributed by atoms with Crippen LogP contribution in [0, 0.1) is 18.3 Å². The normalized spacial score (nSPS) is 11.1. The zero-order chi connectivity index (χ0) is 20.5. The number of halogens is 1. The summed E-state index contributed by atoms with van der Waals surface area (Å²) in [5.41, 5.74) is 11.6. The molecule has 4 rings (SSSR count). The Labute approximate surface area is 176 Å². The molecule has 144 valence electrons. The van der Waals surface area contributed by atoms with Gasteiger partial charge in [-0.25, -0.2) is 0 Å². The highest BCUT2D eigenvalue weighted by atomic mass is 79.9. The maximum absolute atomic E-state index is 13.4. The number of hydrogen-bond acceptors (Lipinski definition) is 4. The third-order valence-electron chi connectivity index (χ3n) is 5.25. The number of benzene rings is 3. The molecule has 0 amide bonds. The summed E-state index contributed by atoms with van der Waals surface area (Å²) in [6.45, 7) is 1.92. The number of rotatable bonds is 4. The van der Waals surface area contributed by atoms with E-state index in [0.29, 0.717) is 46.9 Å². The molecule has 0 aliphatic rings. The van der Waals surface area contributed by atoms with Crippen molar-refractivity contribution in [2.45, 2.75) is 26.2 Å². The number of fused-ring (bicyclic) bond motifs is 2. The van der Waals surface area contributed by atoms with Gasteiger partial charge in [0.15, 0.2) is 0 Å². The minimum absolute atomic E-state index is 0.0582. The molecule has 29 heavy (non-hydrogen) atoms. The number of nitrogens with two attached hydrogens (primary N) is 1. The van der Waals surface area contributed by atoms with Crippen LogP contribution in [-0.4, -0.2) is 0 Å². The summed E-state index contributed by atoms with van der Waals surface area (Å²) in [4.78, 5) is 13.4. The molecule has 1 aromatic heterocycles. The fourth-order valence-corrected chi connectivity index (χ4v) is 4.30. The molecule has 0 aliphatic carbocycles. The van der Waals surface area contributed by atoms with Crippen molar-refractivity contribution < 1.29 is 4.42 Å². The summed E-state index contributed by atoms with van der Waals surface area (Å²) < 4.78 is 7.13. The van der Waals surface area contributed by atoms with Crippen molar-refractivity contribution >= 4 is 43.6 Å². The van der Waals surface area contributed by atoms with Crippen LogP contribution >= 0.6 is 15.9 Å². The molecule has 0 spiro atoms. The van der Waals surface area contributed by atoms with Gasteiger partial charge in [0.25, 0.3) is 0 Å². The maximum Gasteiger partial charge on any atom is 0.200 e. The van der Waals surface area contributed by atoms with Crippen LogP contribution in [0.25, 0.3) is 33.1 Å². The molecule has 3 aromatic carbocycles.